The van der Waals surface area contributed by atoms with E-state index in [-0.39, 0.29) is 12.1 Å². The molecule has 1 unspecified atom stereocenters. The Morgan fingerprint density at radius 1 is 1.58 bits per heavy atom. The smallest absolute Gasteiger partial charge is 0.247 e. The van der Waals surface area contributed by atoms with Gasteiger partial charge in [0.05, 0.1) is 0 Å². The molecule has 5 nitrogen and oxygen atoms in total. The number of benzene rings is 1. The van der Waals surface area contributed by atoms with Crippen molar-refractivity contribution in [3.8, 4) is 5.75 Å². The first kappa shape index (κ1) is 13.8. The standard InChI is InChI=1S/C14H20N2O3/c1-14(2)6-10-5-9(3-4-12(10)19-14)7-16-8-11(17)13(15)18/h3-5,11,16-17H,6-8H2,1-2H3,(H2,15,18). The quantitative estimate of drug-likeness (QED) is 0.716. The molecule has 0 bridgehead atoms. The summed E-state index contributed by atoms with van der Waals surface area (Å²) in [6.07, 6.45) is -0.253. The minimum absolute atomic E-state index is 0.142. The number of hydrogen-bond acceptors (Lipinski definition) is 4. The maximum absolute atomic E-state index is 10.7. The number of carbonyl (C=O) groups excluding carboxylic acids is 1. The minimum atomic E-state index is -1.14. The van der Waals surface area contributed by atoms with E-state index >= 15 is 0 Å². The van der Waals surface area contributed by atoms with Crippen molar-refractivity contribution >= 4 is 5.91 Å². The lowest BCUT2D eigenvalue weighted by Gasteiger charge is -2.16. The molecule has 19 heavy (non-hydrogen) atoms. The van der Waals surface area contributed by atoms with Gasteiger partial charge in [-0.15, -0.1) is 0 Å². The van der Waals surface area contributed by atoms with Crippen LogP contribution < -0.4 is 15.8 Å². The van der Waals surface area contributed by atoms with Crippen molar-refractivity contribution < 1.29 is 14.6 Å². The first-order valence-electron chi connectivity index (χ1n) is 6.36. The maximum Gasteiger partial charge on any atom is 0.247 e. The summed E-state index contributed by atoms with van der Waals surface area (Å²) in [5, 5.41) is 12.3. The fraction of sp³-hybridized carbons (Fsp3) is 0.500. The SMILES string of the molecule is CC1(C)Cc2cc(CNCC(O)C(N)=O)ccc2O1. The van der Waals surface area contributed by atoms with Gasteiger partial charge in [0, 0.05) is 19.5 Å². The zero-order valence-corrected chi connectivity index (χ0v) is 11.3. The number of nitrogens with two attached hydrogens (primary N) is 1. The highest BCUT2D eigenvalue weighted by atomic mass is 16.5. The zero-order chi connectivity index (χ0) is 14.0. The second-order valence-corrected chi connectivity index (χ2v) is 5.53. The Balaban J connectivity index is 1.92. The van der Waals surface area contributed by atoms with E-state index < -0.39 is 12.0 Å². The largest absolute Gasteiger partial charge is 0.487 e. The number of aliphatic hydroxyl groups excluding tert-OH is 1. The van der Waals surface area contributed by atoms with Crippen LogP contribution in [0.4, 0.5) is 0 Å². The third-order valence-electron chi connectivity index (χ3n) is 3.12. The molecule has 0 saturated carbocycles. The number of nitrogens with one attached hydrogen (secondary N) is 1. The van der Waals surface area contributed by atoms with Crippen LogP contribution in [0.3, 0.4) is 0 Å². The Kier molecular flexibility index (Phi) is 3.78. The molecule has 1 amide bonds. The molecule has 104 valence electrons. The van der Waals surface area contributed by atoms with Crippen molar-refractivity contribution in [1.29, 1.82) is 0 Å². The van der Waals surface area contributed by atoms with Gasteiger partial charge in [-0.1, -0.05) is 12.1 Å². The zero-order valence-electron chi connectivity index (χ0n) is 11.3. The minimum Gasteiger partial charge on any atom is -0.487 e. The van der Waals surface area contributed by atoms with Crippen LogP contribution in [-0.2, 0) is 17.8 Å². The molecule has 1 aliphatic heterocycles. The molecule has 0 aromatic heterocycles. The lowest BCUT2D eigenvalue weighted by molar-refractivity contribution is -0.125. The van der Waals surface area contributed by atoms with E-state index in [1.54, 1.807) is 0 Å². The molecule has 1 aliphatic rings. The van der Waals surface area contributed by atoms with Gasteiger partial charge in [0.15, 0.2) is 0 Å². The summed E-state index contributed by atoms with van der Waals surface area (Å²) >= 11 is 0. The number of ether oxygens (including phenoxy) is 1. The number of primary amides is 1. The predicted molar refractivity (Wildman–Crippen MR) is 71.8 cm³/mol. The predicted octanol–water partition coefficient (Wildman–Crippen LogP) is 0.336. The van der Waals surface area contributed by atoms with E-state index in [0.29, 0.717) is 6.54 Å². The molecule has 0 fully saturated rings. The summed E-state index contributed by atoms with van der Waals surface area (Å²) in [5.74, 6) is 0.225. The van der Waals surface area contributed by atoms with E-state index in [1.165, 1.54) is 5.56 Å². The van der Waals surface area contributed by atoms with Crippen molar-refractivity contribution in [2.45, 2.75) is 38.5 Å². The molecule has 1 aromatic rings. The Hall–Kier alpha value is -1.59. The summed E-state index contributed by atoms with van der Waals surface area (Å²) < 4.78 is 5.80. The van der Waals surface area contributed by atoms with Gasteiger partial charge in [-0.2, -0.15) is 0 Å². The highest BCUT2D eigenvalue weighted by molar-refractivity contribution is 5.78. The third kappa shape index (κ3) is 3.45. The van der Waals surface area contributed by atoms with Gasteiger partial charge in [-0.3, -0.25) is 4.79 Å². The summed E-state index contributed by atoms with van der Waals surface area (Å²) in [6, 6.07) is 6.03. The summed E-state index contributed by atoms with van der Waals surface area (Å²) in [7, 11) is 0. The van der Waals surface area contributed by atoms with Crippen LogP contribution in [0.2, 0.25) is 0 Å². The molecule has 4 N–H and O–H groups in total. The number of rotatable bonds is 5. The average Bonchev–Trinajstić information content (AvgIpc) is 2.61. The van der Waals surface area contributed by atoms with Crippen LogP contribution in [0.25, 0.3) is 0 Å². The van der Waals surface area contributed by atoms with Gasteiger partial charge in [0.25, 0.3) is 0 Å². The molecular formula is C14H20N2O3. The molecule has 5 heteroatoms. The number of carbonyl (C=O) groups is 1. The number of aliphatic hydroxyl groups is 1. The molecule has 0 saturated heterocycles. The Bertz CT molecular complexity index is 486. The van der Waals surface area contributed by atoms with Crippen LogP contribution in [0, 0.1) is 0 Å². The fourth-order valence-corrected chi connectivity index (χ4v) is 2.23. The molecule has 0 radical (unpaired) electrons. The van der Waals surface area contributed by atoms with Crippen LogP contribution >= 0.6 is 0 Å². The van der Waals surface area contributed by atoms with Gasteiger partial charge in [-0.25, -0.2) is 0 Å². The molecule has 0 spiro atoms. The number of amides is 1. The molecular weight excluding hydrogens is 244 g/mol. The van der Waals surface area contributed by atoms with E-state index in [4.69, 9.17) is 10.5 Å². The number of fused-ring (bicyclic) bond motifs is 1. The first-order chi connectivity index (χ1) is 8.87. The number of hydrogen-bond donors (Lipinski definition) is 3. The summed E-state index contributed by atoms with van der Waals surface area (Å²) in [4.78, 5) is 10.7. The Labute approximate surface area is 112 Å². The van der Waals surface area contributed by atoms with Crippen molar-refractivity contribution in [2.75, 3.05) is 6.54 Å². The van der Waals surface area contributed by atoms with Crippen LogP contribution in [0.1, 0.15) is 25.0 Å². The van der Waals surface area contributed by atoms with E-state index in [2.05, 4.69) is 25.2 Å². The van der Waals surface area contributed by atoms with Gasteiger partial charge < -0.3 is 20.9 Å². The highest BCUT2D eigenvalue weighted by Gasteiger charge is 2.29. The summed E-state index contributed by atoms with van der Waals surface area (Å²) in [5.41, 5.74) is 7.12. The lowest BCUT2D eigenvalue weighted by Crippen LogP contribution is -2.37. The Morgan fingerprint density at radius 3 is 3.00 bits per heavy atom. The molecule has 1 heterocycles. The Morgan fingerprint density at radius 2 is 2.32 bits per heavy atom. The van der Waals surface area contributed by atoms with Gasteiger partial charge in [0.1, 0.15) is 17.5 Å². The first-order valence-corrected chi connectivity index (χ1v) is 6.36. The van der Waals surface area contributed by atoms with Crippen LogP contribution in [-0.4, -0.2) is 29.3 Å². The van der Waals surface area contributed by atoms with Gasteiger partial charge >= 0.3 is 0 Å². The summed E-state index contributed by atoms with van der Waals surface area (Å²) in [6.45, 7) is 4.87. The molecule has 1 atom stereocenters. The van der Waals surface area contributed by atoms with Crippen molar-refractivity contribution in [1.82, 2.24) is 5.32 Å². The normalized spacial score (nSPS) is 17.6. The van der Waals surface area contributed by atoms with Crippen molar-refractivity contribution in [2.24, 2.45) is 5.73 Å². The second kappa shape index (κ2) is 5.19. The monoisotopic (exact) mass is 264 g/mol. The van der Waals surface area contributed by atoms with Crippen LogP contribution in [0.5, 0.6) is 5.75 Å². The lowest BCUT2D eigenvalue weighted by atomic mass is 10.0. The molecule has 0 aliphatic carbocycles. The van der Waals surface area contributed by atoms with E-state index in [0.717, 1.165) is 17.7 Å². The van der Waals surface area contributed by atoms with Crippen molar-refractivity contribution in [3.63, 3.8) is 0 Å². The van der Waals surface area contributed by atoms with E-state index in [1.807, 2.05) is 12.1 Å². The van der Waals surface area contributed by atoms with Gasteiger partial charge in [-0.05, 0) is 31.0 Å². The topological polar surface area (TPSA) is 84.6 Å². The average molecular weight is 264 g/mol. The fourth-order valence-electron chi connectivity index (χ4n) is 2.23. The van der Waals surface area contributed by atoms with E-state index in [9.17, 15) is 9.90 Å². The second-order valence-electron chi connectivity index (χ2n) is 5.53. The third-order valence-corrected chi connectivity index (χ3v) is 3.12. The van der Waals surface area contributed by atoms with Crippen LogP contribution in [0.15, 0.2) is 18.2 Å². The maximum atomic E-state index is 10.7. The molecule has 2 rings (SSSR count). The molecule has 1 aromatic carbocycles. The highest BCUT2D eigenvalue weighted by Crippen LogP contribution is 2.35. The van der Waals surface area contributed by atoms with Gasteiger partial charge in [0.2, 0.25) is 5.91 Å². The van der Waals surface area contributed by atoms with Crippen molar-refractivity contribution in [3.05, 3.63) is 29.3 Å².